The molecule has 22 heavy (non-hydrogen) atoms. The Hall–Kier alpha value is -1.92. The van der Waals surface area contributed by atoms with Crippen LogP contribution >= 0.6 is 11.6 Å². The van der Waals surface area contributed by atoms with Gasteiger partial charge >= 0.3 is 0 Å². The van der Waals surface area contributed by atoms with Crippen molar-refractivity contribution in [2.45, 2.75) is 32.3 Å². The molecular weight excluding hydrogens is 304 g/mol. The van der Waals surface area contributed by atoms with Gasteiger partial charge < -0.3 is 10.4 Å². The molecule has 1 aromatic carbocycles. The highest BCUT2D eigenvalue weighted by Gasteiger charge is 2.23. The first-order valence-corrected chi connectivity index (χ1v) is 7.54. The van der Waals surface area contributed by atoms with Crippen molar-refractivity contribution in [3.05, 3.63) is 41.2 Å². The van der Waals surface area contributed by atoms with Crippen molar-refractivity contribution in [1.82, 2.24) is 20.3 Å². The van der Waals surface area contributed by atoms with Crippen LogP contribution in [-0.4, -0.2) is 38.2 Å². The molecule has 118 valence electrons. The summed E-state index contributed by atoms with van der Waals surface area (Å²) in [7, 11) is 0. The van der Waals surface area contributed by atoms with Gasteiger partial charge in [-0.2, -0.15) is 0 Å². The SMILES string of the molecule is CCC(O)(CC)CNC(=O)c1cn(-c2ccccc2Cl)nn1. The maximum atomic E-state index is 12.1. The van der Waals surface area contributed by atoms with Gasteiger partial charge in [0.2, 0.25) is 0 Å². The molecule has 0 aliphatic heterocycles. The number of carbonyl (C=O) groups is 1. The number of hydrogen-bond acceptors (Lipinski definition) is 4. The normalized spacial score (nSPS) is 11.5. The van der Waals surface area contributed by atoms with Gasteiger partial charge in [0.05, 0.1) is 22.5 Å². The quantitative estimate of drug-likeness (QED) is 0.854. The summed E-state index contributed by atoms with van der Waals surface area (Å²) in [5, 5.41) is 21.1. The van der Waals surface area contributed by atoms with E-state index < -0.39 is 5.60 Å². The summed E-state index contributed by atoms with van der Waals surface area (Å²) in [4.78, 5) is 12.1. The van der Waals surface area contributed by atoms with Gasteiger partial charge in [0.15, 0.2) is 5.69 Å². The molecule has 0 radical (unpaired) electrons. The van der Waals surface area contributed by atoms with Gasteiger partial charge in [-0.05, 0) is 25.0 Å². The lowest BCUT2D eigenvalue weighted by atomic mass is 9.97. The minimum absolute atomic E-state index is 0.175. The highest BCUT2D eigenvalue weighted by atomic mass is 35.5. The fourth-order valence-electron chi connectivity index (χ4n) is 1.96. The zero-order valence-corrected chi connectivity index (χ0v) is 13.3. The second-order valence-corrected chi connectivity index (χ2v) is 5.52. The topological polar surface area (TPSA) is 80.0 Å². The Morgan fingerprint density at radius 1 is 1.36 bits per heavy atom. The number of aliphatic hydroxyl groups is 1. The molecule has 0 saturated carbocycles. The van der Waals surface area contributed by atoms with Gasteiger partial charge in [-0.15, -0.1) is 5.10 Å². The van der Waals surface area contributed by atoms with Gasteiger partial charge in [-0.3, -0.25) is 4.79 Å². The zero-order valence-electron chi connectivity index (χ0n) is 12.6. The second-order valence-electron chi connectivity index (χ2n) is 5.11. The molecular formula is C15H19ClN4O2. The Bertz CT molecular complexity index is 652. The van der Waals surface area contributed by atoms with Crippen molar-refractivity contribution in [3.63, 3.8) is 0 Å². The molecule has 0 atom stereocenters. The third-order valence-corrected chi connectivity index (χ3v) is 4.04. The molecule has 0 unspecified atom stereocenters. The summed E-state index contributed by atoms with van der Waals surface area (Å²) in [5.74, 6) is -0.376. The van der Waals surface area contributed by atoms with E-state index >= 15 is 0 Å². The van der Waals surface area contributed by atoms with E-state index in [9.17, 15) is 9.90 Å². The fraction of sp³-hybridized carbons (Fsp3) is 0.400. The minimum Gasteiger partial charge on any atom is -0.388 e. The van der Waals surface area contributed by atoms with Gasteiger partial charge in [0, 0.05) is 6.54 Å². The van der Waals surface area contributed by atoms with Crippen LogP contribution in [0.5, 0.6) is 0 Å². The summed E-state index contributed by atoms with van der Waals surface area (Å²) in [6.07, 6.45) is 2.64. The molecule has 0 fully saturated rings. The first kappa shape index (κ1) is 16.5. The number of nitrogens with zero attached hydrogens (tertiary/aromatic N) is 3. The smallest absolute Gasteiger partial charge is 0.273 e. The molecule has 1 aromatic heterocycles. The van der Waals surface area contributed by atoms with Crippen LogP contribution in [0.25, 0.3) is 5.69 Å². The second kappa shape index (κ2) is 6.89. The summed E-state index contributed by atoms with van der Waals surface area (Å²) < 4.78 is 1.45. The van der Waals surface area contributed by atoms with Crippen LogP contribution in [0.1, 0.15) is 37.2 Å². The average molecular weight is 323 g/mol. The van der Waals surface area contributed by atoms with Crippen molar-refractivity contribution in [2.75, 3.05) is 6.54 Å². The van der Waals surface area contributed by atoms with Crippen molar-refractivity contribution in [3.8, 4) is 5.69 Å². The summed E-state index contributed by atoms with van der Waals surface area (Å²) >= 11 is 6.08. The lowest BCUT2D eigenvalue weighted by Gasteiger charge is -2.24. The number of nitrogens with one attached hydrogen (secondary N) is 1. The van der Waals surface area contributed by atoms with Crippen LogP contribution < -0.4 is 5.32 Å². The number of amides is 1. The van der Waals surface area contributed by atoms with Crippen LogP contribution in [0.2, 0.25) is 5.02 Å². The van der Waals surface area contributed by atoms with Gasteiger partial charge in [-0.25, -0.2) is 4.68 Å². The van der Waals surface area contributed by atoms with Gasteiger partial charge in [-0.1, -0.05) is 42.8 Å². The Labute approximate surface area is 134 Å². The fourth-order valence-corrected chi connectivity index (χ4v) is 2.18. The van der Waals surface area contributed by atoms with Crippen molar-refractivity contribution in [2.24, 2.45) is 0 Å². The molecule has 7 heteroatoms. The number of para-hydroxylation sites is 1. The van der Waals surface area contributed by atoms with E-state index in [2.05, 4.69) is 15.6 Å². The van der Waals surface area contributed by atoms with Crippen LogP contribution in [0.15, 0.2) is 30.5 Å². The largest absolute Gasteiger partial charge is 0.388 e. The maximum Gasteiger partial charge on any atom is 0.273 e. The van der Waals surface area contributed by atoms with E-state index in [1.807, 2.05) is 26.0 Å². The summed E-state index contributed by atoms with van der Waals surface area (Å²) in [5.41, 5.74) is -0.0715. The molecule has 0 saturated heterocycles. The maximum absolute atomic E-state index is 12.1. The Balaban J connectivity index is 2.08. The van der Waals surface area contributed by atoms with Crippen LogP contribution in [-0.2, 0) is 0 Å². The Morgan fingerprint density at radius 2 is 2.05 bits per heavy atom. The molecule has 0 aliphatic rings. The molecule has 2 N–H and O–H groups in total. The molecule has 2 rings (SSSR count). The molecule has 1 amide bonds. The average Bonchev–Trinajstić information content (AvgIpc) is 3.02. The number of carbonyl (C=O) groups excluding carboxylic acids is 1. The molecule has 6 nitrogen and oxygen atoms in total. The van der Waals surface area contributed by atoms with E-state index in [1.54, 1.807) is 12.1 Å². The number of halogens is 1. The third kappa shape index (κ3) is 3.64. The summed E-state index contributed by atoms with van der Waals surface area (Å²) in [6, 6.07) is 7.16. The highest BCUT2D eigenvalue weighted by Crippen LogP contribution is 2.18. The monoisotopic (exact) mass is 322 g/mol. The lowest BCUT2D eigenvalue weighted by Crippen LogP contribution is -2.42. The molecule has 1 heterocycles. The van der Waals surface area contributed by atoms with E-state index in [4.69, 9.17) is 11.6 Å². The van der Waals surface area contributed by atoms with E-state index in [-0.39, 0.29) is 18.1 Å². The van der Waals surface area contributed by atoms with Gasteiger partial charge in [0.1, 0.15) is 0 Å². The summed E-state index contributed by atoms with van der Waals surface area (Å²) in [6.45, 7) is 3.93. The molecule has 2 aromatic rings. The van der Waals surface area contributed by atoms with E-state index in [1.165, 1.54) is 10.9 Å². The van der Waals surface area contributed by atoms with Crippen molar-refractivity contribution >= 4 is 17.5 Å². The molecule has 0 aliphatic carbocycles. The van der Waals surface area contributed by atoms with Crippen molar-refractivity contribution < 1.29 is 9.90 Å². The standard InChI is InChI=1S/C15H19ClN4O2/c1-3-15(22,4-2)10-17-14(21)12-9-20(19-18-12)13-8-6-5-7-11(13)16/h5-9,22H,3-4,10H2,1-2H3,(H,17,21). The highest BCUT2D eigenvalue weighted by molar-refractivity contribution is 6.32. The van der Waals surface area contributed by atoms with Crippen molar-refractivity contribution in [1.29, 1.82) is 0 Å². The molecule has 0 spiro atoms. The predicted octanol–water partition coefficient (Wildman–Crippen LogP) is 2.20. The van der Waals surface area contributed by atoms with Crippen LogP contribution in [0.4, 0.5) is 0 Å². The Kier molecular flexibility index (Phi) is 5.15. The minimum atomic E-state index is -0.894. The van der Waals surface area contributed by atoms with Gasteiger partial charge in [0.25, 0.3) is 5.91 Å². The van der Waals surface area contributed by atoms with Crippen LogP contribution in [0.3, 0.4) is 0 Å². The predicted molar refractivity (Wildman–Crippen MR) is 84.2 cm³/mol. The van der Waals surface area contributed by atoms with E-state index in [0.717, 1.165) is 0 Å². The number of rotatable bonds is 6. The zero-order chi connectivity index (χ0) is 16.2. The lowest BCUT2D eigenvalue weighted by molar-refractivity contribution is 0.0313. The van der Waals surface area contributed by atoms with Crippen LogP contribution in [0, 0.1) is 0 Å². The van der Waals surface area contributed by atoms with E-state index in [0.29, 0.717) is 23.6 Å². The number of aromatic nitrogens is 3. The number of hydrogen-bond donors (Lipinski definition) is 2. The number of benzene rings is 1. The third-order valence-electron chi connectivity index (χ3n) is 3.72. The first-order chi connectivity index (χ1) is 10.5. The molecule has 0 bridgehead atoms. The first-order valence-electron chi connectivity index (χ1n) is 7.17. The Morgan fingerprint density at radius 3 is 2.68 bits per heavy atom.